The van der Waals surface area contributed by atoms with Crippen molar-refractivity contribution in [3.05, 3.63) is 28.8 Å². The molecule has 0 spiro atoms. The summed E-state index contributed by atoms with van der Waals surface area (Å²) in [6, 6.07) is 5.67. The molecule has 0 saturated carbocycles. The topological polar surface area (TPSA) is 26.0 Å². The molecule has 15 heavy (non-hydrogen) atoms. The molecule has 0 aliphatic carbocycles. The molecule has 0 radical (unpaired) electrons. The van der Waals surface area contributed by atoms with E-state index in [1.54, 1.807) is 0 Å². The molecule has 3 heteroatoms. The van der Waals surface area contributed by atoms with Crippen LogP contribution >= 0.6 is 23.4 Å². The second-order valence-electron chi connectivity index (χ2n) is 4.08. The van der Waals surface area contributed by atoms with Crippen LogP contribution in [0.2, 0.25) is 5.02 Å². The highest BCUT2D eigenvalue weighted by Crippen LogP contribution is 2.23. The van der Waals surface area contributed by atoms with E-state index in [2.05, 4.69) is 13.8 Å². The van der Waals surface area contributed by atoms with Crippen LogP contribution in [0.1, 0.15) is 25.8 Å². The highest BCUT2D eigenvalue weighted by atomic mass is 35.5. The average molecular weight is 244 g/mol. The molecule has 0 bridgehead atoms. The third-order valence-corrected chi connectivity index (χ3v) is 3.48. The number of nitrogens with two attached hydrogens (primary N) is 1. The number of hydrogen-bond donors (Lipinski definition) is 1. The molecule has 0 amide bonds. The number of rotatable bonds is 5. The summed E-state index contributed by atoms with van der Waals surface area (Å²) in [4.78, 5) is 0. The van der Waals surface area contributed by atoms with Crippen molar-refractivity contribution in [3.63, 3.8) is 0 Å². The summed E-state index contributed by atoms with van der Waals surface area (Å²) in [5, 5.41) is 0.767. The Bertz CT molecular complexity index is 312. The van der Waals surface area contributed by atoms with Gasteiger partial charge in [0.05, 0.1) is 0 Å². The quantitative estimate of drug-likeness (QED) is 0.620. The van der Waals surface area contributed by atoms with Crippen molar-refractivity contribution in [3.8, 4) is 0 Å². The van der Waals surface area contributed by atoms with Gasteiger partial charge in [-0.2, -0.15) is 11.8 Å². The number of thioether (sulfide) groups is 1. The van der Waals surface area contributed by atoms with Crippen molar-refractivity contribution in [1.29, 1.82) is 0 Å². The lowest BCUT2D eigenvalue weighted by Gasteiger charge is -2.07. The predicted octanol–water partition coefficient (Wildman–Crippen LogP) is 4.20. The molecule has 0 heterocycles. The van der Waals surface area contributed by atoms with Gasteiger partial charge in [-0.1, -0.05) is 25.4 Å². The first-order chi connectivity index (χ1) is 7.09. The van der Waals surface area contributed by atoms with Crippen molar-refractivity contribution in [2.24, 2.45) is 5.92 Å². The monoisotopic (exact) mass is 243 g/mol. The zero-order valence-electron chi connectivity index (χ0n) is 9.29. The molecule has 0 aliphatic heterocycles. The minimum absolute atomic E-state index is 0.767. The van der Waals surface area contributed by atoms with Crippen LogP contribution in [0.25, 0.3) is 0 Å². The summed E-state index contributed by atoms with van der Waals surface area (Å²) < 4.78 is 0. The smallest absolute Gasteiger partial charge is 0.0410 e. The zero-order valence-corrected chi connectivity index (χ0v) is 10.9. The summed E-state index contributed by atoms with van der Waals surface area (Å²) in [5.41, 5.74) is 7.85. The van der Waals surface area contributed by atoms with Gasteiger partial charge in [-0.15, -0.1) is 0 Å². The molecule has 84 valence electrons. The summed E-state index contributed by atoms with van der Waals surface area (Å²) in [6.07, 6.45) is 1.26. The third-order valence-electron chi connectivity index (χ3n) is 2.20. The Kier molecular flexibility index (Phi) is 5.34. The van der Waals surface area contributed by atoms with Crippen LogP contribution in [0.3, 0.4) is 0 Å². The highest BCUT2D eigenvalue weighted by molar-refractivity contribution is 7.98. The van der Waals surface area contributed by atoms with Crippen LogP contribution in [0.5, 0.6) is 0 Å². The molecule has 0 saturated heterocycles. The van der Waals surface area contributed by atoms with E-state index in [0.29, 0.717) is 0 Å². The molecule has 1 nitrogen and oxygen atoms in total. The lowest BCUT2D eigenvalue weighted by molar-refractivity contribution is 0.632. The van der Waals surface area contributed by atoms with E-state index in [1.807, 2.05) is 30.0 Å². The molecule has 2 N–H and O–H groups in total. The van der Waals surface area contributed by atoms with E-state index >= 15 is 0 Å². The lowest BCUT2D eigenvalue weighted by atomic mass is 10.2. The molecular weight excluding hydrogens is 226 g/mol. The van der Waals surface area contributed by atoms with Gasteiger partial charge in [-0.05, 0) is 41.9 Å². The van der Waals surface area contributed by atoms with Gasteiger partial charge in [-0.25, -0.2) is 0 Å². The molecule has 0 aliphatic rings. The van der Waals surface area contributed by atoms with Gasteiger partial charge in [0.1, 0.15) is 0 Å². The highest BCUT2D eigenvalue weighted by Gasteiger charge is 2.01. The number of nitrogen functional groups attached to an aromatic ring is 1. The Hall–Kier alpha value is -0.340. The van der Waals surface area contributed by atoms with Crippen molar-refractivity contribution in [2.45, 2.75) is 26.0 Å². The van der Waals surface area contributed by atoms with E-state index in [4.69, 9.17) is 17.3 Å². The van der Waals surface area contributed by atoms with Crippen LogP contribution in [0.4, 0.5) is 5.69 Å². The Morgan fingerprint density at radius 2 is 2.13 bits per heavy atom. The van der Waals surface area contributed by atoms with Gasteiger partial charge >= 0.3 is 0 Å². The van der Waals surface area contributed by atoms with Crippen molar-refractivity contribution < 1.29 is 0 Å². The Morgan fingerprint density at radius 3 is 2.80 bits per heavy atom. The molecule has 0 unspecified atom stereocenters. The fourth-order valence-electron chi connectivity index (χ4n) is 1.20. The van der Waals surface area contributed by atoms with Crippen LogP contribution in [-0.2, 0) is 5.75 Å². The van der Waals surface area contributed by atoms with Gasteiger partial charge in [0.15, 0.2) is 0 Å². The SMILES string of the molecule is CC(C)CCSCc1cc(Cl)ccc1N. The fourth-order valence-corrected chi connectivity index (χ4v) is 2.65. The van der Waals surface area contributed by atoms with E-state index in [1.165, 1.54) is 12.2 Å². The van der Waals surface area contributed by atoms with Crippen LogP contribution in [0, 0.1) is 5.92 Å². The van der Waals surface area contributed by atoms with Crippen LogP contribution < -0.4 is 5.73 Å². The Morgan fingerprint density at radius 1 is 1.40 bits per heavy atom. The minimum Gasteiger partial charge on any atom is -0.398 e. The van der Waals surface area contributed by atoms with E-state index in [0.717, 1.165) is 27.9 Å². The minimum atomic E-state index is 0.767. The average Bonchev–Trinajstić information content (AvgIpc) is 2.17. The molecule has 1 aromatic carbocycles. The lowest BCUT2D eigenvalue weighted by Crippen LogP contribution is -1.94. The fraction of sp³-hybridized carbons (Fsp3) is 0.500. The zero-order chi connectivity index (χ0) is 11.3. The summed E-state index contributed by atoms with van der Waals surface area (Å²) in [5.74, 6) is 2.91. The maximum Gasteiger partial charge on any atom is 0.0410 e. The largest absolute Gasteiger partial charge is 0.398 e. The van der Waals surface area contributed by atoms with Gasteiger partial charge in [0.2, 0.25) is 0 Å². The van der Waals surface area contributed by atoms with Gasteiger partial charge in [0, 0.05) is 16.5 Å². The first-order valence-corrected chi connectivity index (χ1v) is 6.74. The van der Waals surface area contributed by atoms with Gasteiger partial charge in [0.25, 0.3) is 0 Å². The van der Waals surface area contributed by atoms with Gasteiger partial charge in [-0.3, -0.25) is 0 Å². The standard InChI is InChI=1S/C12H18ClNS/c1-9(2)5-6-15-8-10-7-11(13)3-4-12(10)14/h3-4,7,9H,5-6,8,14H2,1-2H3. The van der Waals surface area contributed by atoms with E-state index < -0.39 is 0 Å². The normalized spacial score (nSPS) is 10.9. The number of hydrogen-bond acceptors (Lipinski definition) is 2. The predicted molar refractivity (Wildman–Crippen MR) is 71.5 cm³/mol. The molecule has 0 atom stereocenters. The Labute approximate surface area is 101 Å². The molecule has 1 rings (SSSR count). The van der Waals surface area contributed by atoms with Gasteiger partial charge < -0.3 is 5.73 Å². The molecule has 0 fully saturated rings. The maximum absolute atomic E-state index is 5.92. The van der Waals surface area contributed by atoms with Crippen molar-refractivity contribution in [2.75, 3.05) is 11.5 Å². The number of benzene rings is 1. The molecule has 0 aromatic heterocycles. The second kappa shape index (κ2) is 6.29. The van der Waals surface area contributed by atoms with Crippen LogP contribution in [-0.4, -0.2) is 5.75 Å². The summed E-state index contributed by atoms with van der Waals surface area (Å²) in [6.45, 7) is 4.49. The van der Waals surface area contributed by atoms with Crippen molar-refractivity contribution in [1.82, 2.24) is 0 Å². The third kappa shape index (κ3) is 4.80. The maximum atomic E-state index is 5.92. The van der Waals surface area contributed by atoms with E-state index in [-0.39, 0.29) is 0 Å². The summed E-state index contributed by atoms with van der Waals surface area (Å²) >= 11 is 7.83. The summed E-state index contributed by atoms with van der Waals surface area (Å²) in [7, 11) is 0. The second-order valence-corrected chi connectivity index (χ2v) is 5.62. The number of halogens is 1. The Balaban J connectivity index is 2.40. The first kappa shape index (κ1) is 12.7. The van der Waals surface area contributed by atoms with Crippen LogP contribution in [0.15, 0.2) is 18.2 Å². The number of anilines is 1. The van der Waals surface area contributed by atoms with Crippen molar-refractivity contribution >= 4 is 29.1 Å². The molecular formula is C12H18ClNS. The molecule has 1 aromatic rings. The van der Waals surface area contributed by atoms with E-state index in [9.17, 15) is 0 Å². The first-order valence-electron chi connectivity index (χ1n) is 5.21.